The number of hydrogen-bond acceptors (Lipinski definition) is 4. The number of sulfone groups is 1. The second-order valence-corrected chi connectivity index (χ2v) is 7.43. The molecule has 2 unspecified atom stereocenters. The summed E-state index contributed by atoms with van der Waals surface area (Å²) in [7, 11) is -2.80. The van der Waals surface area contributed by atoms with Gasteiger partial charge in [-0.1, -0.05) is 13.8 Å². The van der Waals surface area contributed by atoms with Crippen LogP contribution >= 0.6 is 0 Å². The van der Waals surface area contributed by atoms with Crippen molar-refractivity contribution in [1.29, 1.82) is 0 Å². The molecule has 0 amide bonds. The van der Waals surface area contributed by atoms with Gasteiger partial charge < -0.3 is 5.73 Å². The zero-order chi connectivity index (χ0) is 12.3. The average Bonchev–Trinajstić information content (AvgIpc) is 2.15. The molecule has 1 heterocycles. The number of nitrogens with two attached hydrogens (primary N) is 1. The lowest BCUT2D eigenvalue weighted by Crippen LogP contribution is -2.49. The lowest BCUT2D eigenvalue weighted by atomic mass is 9.95. The molecule has 0 aromatic rings. The Bertz CT molecular complexity index is 314. The Kier molecular flexibility index (Phi) is 4.76. The zero-order valence-corrected chi connectivity index (χ0v) is 11.3. The molecule has 1 rings (SSSR count). The summed E-state index contributed by atoms with van der Waals surface area (Å²) in [6.07, 6.45) is 0. The molecule has 16 heavy (non-hydrogen) atoms. The van der Waals surface area contributed by atoms with E-state index in [1.165, 1.54) is 0 Å². The third-order valence-electron chi connectivity index (χ3n) is 3.52. The maximum atomic E-state index is 11.4. The minimum absolute atomic E-state index is 0.131. The first kappa shape index (κ1) is 13.9. The predicted octanol–water partition coefficient (Wildman–Crippen LogP) is 0.336. The fourth-order valence-corrected chi connectivity index (χ4v) is 3.79. The molecule has 1 fully saturated rings. The van der Waals surface area contributed by atoms with Gasteiger partial charge in [-0.2, -0.15) is 0 Å². The van der Waals surface area contributed by atoms with E-state index in [0.29, 0.717) is 36.4 Å². The second-order valence-electron chi connectivity index (χ2n) is 5.20. The fraction of sp³-hybridized carbons (Fsp3) is 1.00. The summed E-state index contributed by atoms with van der Waals surface area (Å²) in [6, 6.07) is 0.131. The van der Waals surface area contributed by atoms with Crippen molar-refractivity contribution in [2.75, 3.05) is 31.1 Å². The van der Waals surface area contributed by atoms with Gasteiger partial charge in [0, 0.05) is 19.1 Å². The number of rotatable bonds is 4. The summed E-state index contributed by atoms with van der Waals surface area (Å²) in [4.78, 5) is 2.26. The SMILES string of the molecule is CC(C)C(CN)CN1CCS(=O)(=O)CC1C. The first-order valence-corrected chi connectivity index (χ1v) is 7.82. The molecule has 0 bridgehead atoms. The van der Waals surface area contributed by atoms with E-state index >= 15 is 0 Å². The monoisotopic (exact) mass is 248 g/mol. The summed E-state index contributed by atoms with van der Waals surface area (Å²) < 4.78 is 22.9. The Morgan fingerprint density at radius 1 is 1.44 bits per heavy atom. The van der Waals surface area contributed by atoms with Crippen LogP contribution in [0.5, 0.6) is 0 Å². The molecule has 0 aromatic carbocycles. The normalized spacial score (nSPS) is 28.2. The quantitative estimate of drug-likeness (QED) is 0.779. The Balaban J connectivity index is 2.56. The van der Waals surface area contributed by atoms with E-state index in [1.807, 2.05) is 6.92 Å². The lowest BCUT2D eigenvalue weighted by molar-refractivity contribution is 0.172. The van der Waals surface area contributed by atoms with Crippen molar-refractivity contribution in [2.45, 2.75) is 26.8 Å². The van der Waals surface area contributed by atoms with Crippen LogP contribution in [0.1, 0.15) is 20.8 Å². The minimum atomic E-state index is -2.80. The van der Waals surface area contributed by atoms with Crippen molar-refractivity contribution in [1.82, 2.24) is 4.90 Å². The van der Waals surface area contributed by atoms with Gasteiger partial charge in [0.15, 0.2) is 9.84 Å². The molecule has 0 radical (unpaired) electrons. The molecule has 2 N–H and O–H groups in total. The second kappa shape index (κ2) is 5.47. The average molecular weight is 248 g/mol. The summed E-state index contributed by atoms with van der Waals surface area (Å²) in [5.74, 6) is 1.61. The summed E-state index contributed by atoms with van der Waals surface area (Å²) in [5.41, 5.74) is 5.74. The van der Waals surface area contributed by atoms with Gasteiger partial charge >= 0.3 is 0 Å². The Morgan fingerprint density at radius 2 is 2.06 bits per heavy atom. The van der Waals surface area contributed by atoms with Crippen LogP contribution < -0.4 is 5.73 Å². The van der Waals surface area contributed by atoms with Crippen molar-refractivity contribution in [3.8, 4) is 0 Å². The van der Waals surface area contributed by atoms with E-state index in [0.717, 1.165) is 6.54 Å². The maximum absolute atomic E-state index is 11.4. The van der Waals surface area contributed by atoms with Crippen LogP contribution in [0.3, 0.4) is 0 Å². The van der Waals surface area contributed by atoms with Gasteiger partial charge in [0.1, 0.15) is 0 Å². The summed E-state index contributed by atoms with van der Waals surface area (Å²) in [6.45, 7) is 8.58. The van der Waals surface area contributed by atoms with E-state index in [4.69, 9.17) is 5.73 Å². The molecular weight excluding hydrogens is 224 g/mol. The van der Waals surface area contributed by atoms with Crippen molar-refractivity contribution < 1.29 is 8.42 Å². The van der Waals surface area contributed by atoms with E-state index < -0.39 is 9.84 Å². The molecule has 0 spiro atoms. The van der Waals surface area contributed by atoms with E-state index in [2.05, 4.69) is 18.7 Å². The fourth-order valence-electron chi connectivity index (χ4n) is 2.16. The van der Waals surface area contributed by atoms with Gasteiger partial charge in [0.25, 0.3) is 0 Å². The topological polar surface area (TPSA) is 63.4 Å². The highest BCUT2D eigenvalue weighted by Crippen LogP contribution is 2.17. The standard InChI is InChI=1S/C11H24N2O2S/c1-9(2)11(6-12)7-13-4-5-16(14,15)8-10(13)3/h9-11H,4-8,12H2,1-3H3. The van der Waals surface area contributed by atoms with E-state index in [-0.39, 0.29) is 6.04 Å². The van der Waals surface area contributed by atoms with Crippen LogP contribution in [0, 0.1) is 11.8 Å². The third kappa shape index (κ3) is 3.71. The minimum Gasteiger partial charge on any atom is -0.330 e. The largest absolute Gasteiger partial charge is 0.330 e. The first-order valence-electron chi connectivity index (χ1n) is 6.00. The van der Waals surface area contributed by atoms with Gasteiger partial charge in [-0.3, -0.25) is 4.90 Å². The molecular formula is C11H24N2O2S. The summed E-state index contributed by atoms with van der Waals surface area (Å²) >= 11 is 0. The number of nitrogens with zero attached hydrogens (tertiary/aromatic N) is 1. The number of hydrogen-bond donors (Lipinski definition) is 1. The molecule has 4 nitrogen and oxygen atoms in total. The Labute approximate surface area is 99.1 Å². The van der Waals surface area contributed by atoms with Crippen LogP contribution in [0.2, 0.25) is 0 Å². The van der Waals surface area contributed by atoms with Crippen LogP contribution in [-0.4, -0.2) is 50.5 Å². The zero-order valence-electron chi connectivity index (χ0n) is 10.5. The molecule has 96 valence electrons. The van der Waals surface area contributed by atoms with E-state index in [1.54, 1.807) is 0 Å². The molecule has 1 saturated heterocycles. The van der Waals surface area contributed by atoms with Gasteiger partial charge in [-0.25, -0.2) is 8.42 Å². The molecule has 0 aliphatic carbocycles. The molecule has 0 aromatic heterocycles. The van der Waals surface area contributed by atoms with Crippen molar-refractivity contribution in [2.24, 2.45) is 17.6 Å². The van der Waals surface area contributed by atoms with Gasteiger partial charge in [0.05, 0.1) is 11.5 Å². The Hall–Kier alpha value is -0.130. The lowest BCUT2D eigenvalue weighted by Gasteiger charge is -2.36. The van der Waals surface area contributed by atoms with Crippen molar-refractivity contribution >= 4 is 9.84 Å². The first-order chi connectivity index (χ1) is 7.35. The molecule has 1 aliphatic rings. The van der Waals surface area contributed by atoms with Crippen molar-refractivity contribution in [3.05, 3.63) is 0 Å². The highest BCUT2D eigenvalue weighted by Gasteiger charge is 2.29. The van der Waals surface area contributed by atoms with Gasteiger partial charge in [0.2, 0.25) is 0 Å². The molecule has 0 saturated carbocycles. The van der Waals surface area contributed by atoms with Crippen LogP contribution in [0.4, 0.5) is 0 Å². The Morgan fingerprint density at radius 3 is 2.50 bits per heavy atom. The predicted molar refractivity (Wildman–Crippen MR) is 67.1 cm³/mol. The van der Waals surface area contributed by atoms with Crippen LogP contribution in [0.25, 0.3) is 0 Å². The smallest absolute Gasteiger partial charge is 0.153 e. The van der Waals surface area contributed by atoms with Crippen LogP contribution in [-0.2, 0) is 9.84 Å². The van der Waals surface area contributed by atoms with Crippen molar-refractivity contribution in [3.63, 3.8) is 0 Å². The molecule has 1 aliphatic heterocycles. The highest BCUT2D eigenvalue weighted by atomic mass is 32.2. The van der Waals surface area contributed by atoms with E-state index in [9.17, 15) is 8.42 Å². The molecule has 2 atom stereocenters. The highest BCUT2D eigenvalue weighted by molar-refractivity contribution is 7.91. The maximum Gasteiger partial charge on any atom is 0.153 e. The van der Waals surface area contributed by atoms with Crippen LogP contribution in [0.15, 0.2) is 0 Å². The van der Waals surface area contributed by atoms with Gasteiger partial charge in [-0.15, -0.1) is 0 Å². The van der Waals surface area contributed by atoms with Gasteiger partial charge in [-0.05, 0) is 25.3 Å². The molecule has 5 heteroatoms. The summed E-state index contributed by atoms with van der Waals surface area (Å²) in [5, 5.41) is 0. The third-order valence-corrected chi connectivity index (χ3v) is 5.32.